The van der Waals surface area contributed by atoms with Crippen LogP contribution in [-0.2, 0) is 4.74 Å². The Morgan fingerprint density at radius 1 is 1.28 bits per heavy atom. The summed E-state index contributed by atoms with van der Waals surface area (Å²) in [5, 5.41) is 8.97. The number of carboxylic acid groups (broad SMARTS) is 1. The summed E-state index contributed by atoms with van der Waals surface area (Å²) < 4.78 is 10.1. The zero-order valence-corrected chi connectivity index (χ0v) is 10.0. The fourth-order valence-corrected chi connectivity index (χ4v) is 1.54. The molecule has 18 heavy (non-hydrogen) atoms. The van der Waals surface area contributed by atoms with E-state index in [0.29, 0.717) is 18.3 Å². The maximum Gasteiger partial charge on any atom is 0.338 e. The van der Waals surface area contributed by atoms with Crippen LogP contribution in [0.15, 0.2) is 18.2 Å². The van der Waals surface area contributed by atoms with E-state index >= 15 is 0 Å². The van der Waals surface area contributed by atoms with Gasteiger partial charge in [-0.2, -0.15) is 0 Å². The van der Waals surface area contributed by atoms with Crippen LogP contribution in [0.5, 0.6) is 5.75 Å². The molecule has 1 aromatic carbocycles. The number of carbonyl (C=O) groups excluding carboxylic acids is 1. The van der Waals surface area contributed by atoms with Crippen LogP contribution in [0.4, 0.5) is 0 Å². The van der Waals surface area contributed by atoms with E-state index in [9.17, 15) is 9.59 Å². The molecule has 0 radical (unpaired) electrons. The van der Waals surface area contributed by atoms with E-state index in [-0.39, 0.29) is 11.1 Å². The fourth-order valence-electron chi connectivity index (χ4n) is 1.54. The third kappa shape index (κ3) is 3.00. The van der Waals surface area contributed by atoms with E-state index in [0.717, 1.165) is 12.8 Å². The SMILES string of the molecule is COC(=O)c1cc(OCC2CC2)cc(C(=O)O)c1. The highest BCUT2D eigenvalue weighted by Gasteiger charge is 2.22. The Bertz CT molecular complexity index is 476. The summed E-state index contributed by atoms with van der Waals surface area (Å²) in [6, 6.07) is 4.19. The zero-order chi connectivity index (χ0) is 13.1. The first-order valence-corrected chi connectivity index (χ1v) is 5.69. The number of ether oxygens (including phenoxy) is 2. The highest BCUT2D eigenvalue weighted by Crippen LogP contribution is 2.30. The molecule has 0 spiro atoms. The second kappa shape index (κ2) is 5.08. The Labute approximate surface area is 104 Å². The van der Waals surface area contributed by atoms with Crippen LogP contribution < -0.4 is 4.74 Å². The fraction of sp³-hybridized carbons (Fsp3) is 0.385. The summed E-state index contributed by atoms with van der Waals surface area (Å²) >= 11 is 0. The molecule has 1 fully saturated rings. The van der Waals surface area contributed by atoms with Crippen LogP contribution in [0.25, 0.3) is 0 Å². The molecular formula is C13H14O5. The molecule has 0 bridgehead atoms. The van der Waals surface area contributed by atoms with Crippen molar-refractivity contribution in [2.75, 3.05) is 13.7 Å². The molecule has 5 heteroatoms. The van der Waals surface area contributed by atoms with Crippen LogP contribution in [0.1, 0.15) is 33.6 Å². The van der Waals surface area contributed by atoms with Crippen molar-refractivity contribution in [3.05, 3.63) is 29.3 Å². The van der Waals surface area contributed by atoms with Gasteiger partial charge in [-0.1, -0.05) is 0 Å². The lowest BCUT2D eigenvalue weighted by molar-refractivity contribution is 0.0600. The maximum absolute atomic E-state index is 11.4. The van der Waals surface area contributed by atoms with Gasteiger partial charge in [0.05, 0.1) is 24.8 Å². The number of carbonyl (C=O) groups is 2. The Hall–Kier alpha value is -2.04. The van der Waals surface area contributed by atoms with Gasteiger partial charge in [-0.05, 0) is 37.0 Å². The first-order valence-electron chi connectivity index (χ1n) is 5.69. The molecule has 2 rings (SSSR count). The second-order valence-corrected chi connectivity index (χ2v) is 4.30. The summed E-state index contributed by atoms with van der Waals surface area (Å²) in [4.78, 5) is 22.4. The maximum atomic E-state index is 11.4. The summed E-state index contributed by atoms with van der Waals surface area (Å²) in [7, 11) is 1.25. The van der Waals surface area contributed by atoms with Crippen molar-refractivity contribution in [2.24, 2.45) is 5.92 Å². The molecule has 1 aliphatic carbocycles. The number of methoxy groups -OCH3 is 1. The van der Waals surface area contributed by atoms with E-state index in [1.54, 1.807) is 0 Å². The van der Waals surface area contributed by atoms with Crippen molar-refractivity contribution in [2.45, 2.75) is 12.8 Å². The van der Waals surface area contributed by atoms with Crippen LogP contribution >= 0.6 is 0 Å². The summed E-state index contributed by atoms with van der Waals surface area (Å²) in [6.07, 6.45) is 2.28. The van der Waals surface area contributed by atoms with Crippen molar-refractivity contribution in [1.82, 2.24) is 0 Å². The molecular weight excluding hydrogens is 236 g/mol. The average molecular weight is 250 g/mol. The van der Waals surface area contributed by atoms with Gasteiger partial charge in [0.25, 0.3) is 0 Å². The lowest BCUT2D eigenvalue weighted by Crippen LogP contribution is -2.07. The molecule has 96 valence electrons. The van der Waals surface area contributed by atoms with Crippen LogP contribution in [0, 0.1) is 5.92 Å². The molecule has 5 nitrogen and oxygen atoms in total. The highest BCUT2D eigenvalue weighted by atomic mass is 16.5. The third-order valence-corrected chi connectivity index (χ3v) is 2.76. The number of esters is 1. The van der Waals surface area contributed by atoms with Crippen molar-refractivity contribution in [3.63, 3.8) is 0 Å². The number of carboxylic acids is 1. The monoisotopic (exact) mass is 250 g/mol. The standard InChI is InChI=1S/C13H14O5/c1-17-13(16)10-4-9(12(14)15)5-11(6-10)18-7-8-2-3-8/h4-6,8H,2-3,7H2,1H3,(H,14,15). The largest absolute Gasteiger partial charge is 0.493 e. The minimum atomic E-state index is -1.10. The molecule has 0 saturated heterocycles. The van der Waals surface area contributed by atoms with Crippen LogP contribution in [0.3, 0.4) is 0 Å². The van der Waals surface area contributed by atoms with Gasteiger partial charge in [0.2, 0.25) is 0 Å². The number of rotatable bonds is 5. The van der Waals surface area contributed by atoms with E-state index in [1.165, 1.54) is 25.3 Å². The first kappa shape index (κ1) is 12.4. The van der Waals surface area contributed by atoms with E-state index in [2.05, 4.69) is 4.74 Å². The summed E-state index contributed by atoms with van der Waals surface area (Å²) in [5.74, 6) is -0.728. The Balaban J connectivity index is 2.22. The van der Waals surface area contributed by atoms with Crippen molar-refractivity contribution in [1.29, 1.82) is 0 Å². The predicted molar refractivity (Wildman–Crippen MR) is 63.0 cm³/mol. The topological polar surface area (TPSA) is 72.8 Å². The van der Waals surface area contributed by atoms with E-state index in [4.69, 9.17) is 9.84 Å². The Morgan fingerprint density at radius 3 is 2.50 bits per heavy atom. The minimum Gasteiger partial charge on any atom is -0.493 e. The summed E-state index contributed by atoms with van der Waals surface area (Å²) in [5.41, 5.74) is 0.201. The summed E-state index contributed by atoms with van der Waals surface area (Å²) in [6.45, 7) is 0.559. The molecule has 1 N–H and O–H groups in total. The Morgan fingerprint density at radius 2 is 1.94 bits per heavy atom. The van der Waals surface area contributed by atoms with Crippen molar-refractivity contribution < 1.29 is 24.2 Å². The Kier molecular flexibility index (Phi) is 3.50. The van der Waals surface area contributed by atoms with Gasteiger partial charge in [-0.3, -0.25) is 0 Å². The van der Waals surface area contributed by atoms with Gasteiger partial charge in [0.15, 0.2) is 0 Å². The van der Waals surface area contributed by atoms with E-state index in [1.807, 2.05) is 0 Å². The van der Waals surface area contributed by atoms with E-state index < -0.39 is 11.9 Å². The minimum absolute atomic E-state index is 0.0173. The first-order chi connectivity index (χ1) is 8.60. The molecule has 0 amide bonds. The second-order valence-electron chi connectivity index (χ2n) is 4.30. The molecule has 1 saturated carbocycles. The van der Waals surface area contributed by atoms with Gasteiger partial charge in [-0.15, -0.1) is 0 Å². The van der Waals surface area contributed by atoms with Crippen LogP contribution in [-0.4, -0.2) is 30.8 Å². The number of aromatic carboxylic acids is 1. The quantitative estimate of drug-likeness (QED) is 0.809. The van der Waals surface area contributed by atoms with Gasteiger partial charge in [0.1, 0.15) is 5.75 Å². The molecule has 0 aliphatic heterocycles. The van der Waals surface area contributed by atoms with Gasteiger partial charge in [-0.25, -0.2) is 9.59 Å². The van der Waals surface area contributed by atoms with Gasteiger partial charge < -0.3 is 14.6 Å². The smallest absolute Gasteiger partial charge is 0.338 e. The number of hydrogen-bond acceptors (Lipinski definition) is 4. The van der Waals surface area contributed by atoms with Gasteiger partial charge in [0, 0.05) is 0 Å². The molecule has 0 heterocycles. The molecule has 0 unspecified atom stereocenters. The highest BCUT2D eigenvalue weighted by molar-refractivity contribution is 5.95. The molecule has 1 aliphatic rings. The lowest BCUT2D eigenvalue weighted by atomic mass is 10.1. The molecule has 0 atom stereocenters. The molecule has 0 aromatic heterocycles. The lowest BCUT2D eigenvalue weighted by Gasteiger charge is -2.08. The van der Waals surface area contributed by atoms with Crippen molar-refractivity contribution >= 4 is 11.9 Å². The van der Waals surface area contributed by atoms with Gasteiger partial charge >= 0.3 is 11.9 Å². The third-order valence-electron chi connectivity index (χ3n) is 2.76. The number of hydrogen-bond donors (Lipinski definition) is 1. The van der Waals surface area contributed by atoms with Crippen molar-refractivity contribution in [3.8, 4) is 5.75 Å². The van der Waals surface area contributed by atoms with Crippen LogP contribution in [0.2, 0.25) is 0 Å². The molecule has 1 aromatic rings. The predicted octanol–water partition coefficient (Wildman–Crippen LogP) is 1.96. The number of benzene rings is 1. The normalized spacial score (nSPS) is 14.1. The zero-order valence-electron chi connectivity index (χ0n) is 10.0. The average Bonchev–Trinajstić information content (AvgIpc) is 3.19.